The first kappa shape index (κ1) is 16.9. The number of nitrogens with zero attached hydrogens (tertiary/aromatic N) is 1. The highest BCUT2D eigenvalue weighted by Crippen LogP contribution is 2.20. The summed E-state index contributed by atoms with van der Waals surface area (Å²) in [6, 6.07) is 6.43. The Morgan fingerprint density at radius 3 is 2.61 bits per heavy atom. The maximum Gasteiger partial charge on any atom is 0.269 e. The van der Waals surface area contributed by atoms with Gasteiger partial charge < -0.3 is 10.6 Å². The number of carbonyl (C=O) groups is 1. The van der Waals surface area contributed by atoms with Gasteiger partial charge in [-0.3, -0.25) is 4.79 Å². The molecule has 4 nitrogen and oxygen atoms in total. The number of carbonyl (C=O) groups excluding carboxylic acids is 1. The Labute approximate surface area is 133 Å². The summed E-state index contributed by atoms with van der Waals surface area (Å²) in [6.45, 7) is 4.76. The number of aromatic nitrogens is 1. The molecule has 0 saturated heterocycles. The summed E-state index contributed by atoms with van der Waals surface area (Å²) >= 11 is 0. The van der Waals surface area contributed by atoms with Crippen LogP contribution in [0.3, 0.4) is 0 Å². The quantitative estimate of drug-likeness (QED) is 0.849. The lowest BCUT2D eigenvalue weighted by Crippen LogP contribution is -2.26. The zero-order chi connectivity index (χ0) is 16.8. The van der Waals surface area contributed by atoms with E-state index in [1.807, 2.05) is 0 Å². The van der Waals surface area contributed by atoms with Crippen LogP contribution in [-0.4, -0.2) is 17.4 Å². The van der Waals surface area contributed by atoms with Crippen molar-refractivity contribution in [2.45, 2.75) is 20.3 Å². The summed E-state index contributed by atoms with van der Waals surface area (Å²) < 4.78 is 26.4. The van der Waals surface area contributed by atoms with Crippen LogP contribution in [0.2, 0.25) is 0 Å². The van der Waals surface area contributed by atoms with Gasteiger partial charge in [0.15, 0.2) is 0 Å². The van der Waals surface area contributed by atoms with Crippen molar-refractivity contribution in [1.29, 1.82) is 0 Å². The lowest BCUT2D eigenvalue weighted by molar-refractivity contribution is 0.0947. The predicted molar refractivity (Wildman–Crippen MR) is 85.7 cm³/mol. The van der Waals surface area contributed by atoms with E-state index in [1.54, 1.807) is 12.1 Å². The SMILES string of the molecule is CC(C)CCNC(=O)c1ccc(Nc2ccc(F)cc2F)cn1. The minimum absolute atomic E-state index is 0.141. The number of amides is 1. The lowest BCUT2D eigenvalue weighted by atomic mass is 10.1. The molecule has 0 saturated carbocycles. The van der Waals surface area contributed by atoms with Gasteiger partial charge in [-0.25, -0.2) is 13.8 Å². The number of hydrogen-bond donors (Lipinski definition) is 2. The minimum Gasteiger partial charge on any atom is -0.352 e. The normalized spacial score (nSPS) is 10.7. The third kappa shape index (κ3) is 5.02. The molecule has 0 unspecified atom stereocenters. The van der Waals surface area contributed by atoms with Crippen LogP contribution in [0.1, 0.15) is 30.8 Å². The zero-order valence-corrected chi connectivity index (χ0v) is 13.1. The maximum absolute atomic E-state index is 13.6. The molecular formula is C17H19F2N3O. The largest absolute Gasteiger partial charge is 0.352 e. The van der Waals surface area contributed by atoms with E-state index in [1.165, 1.54) is 12.3 Å². The molecule has 2 aromatic rings. The van der Waals surface area contributed by atoms with Crippen LogP contribution in [0.25, 0.3) is 0 Å². The summed E-state index contributed by atoms with van der Waals surface area (Å²) in [5.41, 5.74) is 0.940. The van der Waals surface area contributed by atoms with Crippen LogP contribution in [0.4, 0.5) is 20.2 Å². The third-order valence-corrected chi connectivity index (χ3v) is 3.21. The van der Waals surface area contributed by atoms with Crippen molar-refractivity contribution in [1.82, 2.24) is 10.3 Å². The van der Waals surface area contributed by atoms with Crippen molar-refractivity contribution in [3.63, 3.8) is 0 Å². The molecule has 23 heavy (non-hydrogen) atoms. The monoisotopic (exact) mass is 319 g/mol. The number of benzene rings is 1. The number of halogens is 2. The predicted octanol–water partition coefficient (Wildman–Crippen LogP) is 3.88. The number of rotatable bonds is 6. The van der Waals surface area contributed by atoms with E-state index in [0.717, 1.165) is 18.6 Å². The van der Waals surface area contributed by atoms with Crippen LogP contribution in [0.15, 0.2) is 36.5 Å². The van der Waals surface area contributed by atoms with E-state index in [0.29, 0.717) is 23.8 Å². The molecule has 0 aliphatic heterocycles. The Balaban J connectivity index is 1.97. The second-order valence-electron chi connectivity index (χ2n) is 5.62. The van der Waals surface area contributed by atoms with Crippen molar-refractivity contribution < 1.29 is 13.6 Å². The van der Waals surface area contributed by atoms with Crippen molar-refractivity contribution in [3.8, 4) is 0 Å². The van der Waals surface area contributed by atoms with Gasteiger partial charge in [-0.2, -0.15) is 0 Å². The molecule has 0 aliphatic carbocycles. The summed E-state index contributed by atoms with van der Waals surface area (Å²) in [4.78, 5) is 15.9. The van der Waals surface area contributed by atoms with Crippen LogP contribution in [0, 0.1) is 17.6 Å². The molecule has 1 aromatic heterocycles. The standard InChI is InChI=1S/C17H19F2N3O/c1-11(2)7-8-20-17(23)16-6-4-13(10-21-16)22-15-5-3-12(18)9-14(15)19/h3-6,9-11,22H,7-8H2,1-2H3,(H,20,23). The molecule has 0 radical (unpaired) electrons. The van der Waals surface area contributed by atoms with Crippen LogP contribution in [-0.2, 0) is 0 Å². The number of hydrogen-bond acceptors (Lipinski definition) is 3. The van der Waals surface area contributed by atoms with Crippen molar-refractivity contribution in [2.24, 2.45) is 5.92 Å². The Morgan fingerprint density at radius 1 is 1.22 bits per heavy atom. The fourth-order valence-corrected chi connectivity index (χ4v) is 1.91. The molecule has 0 aliphatic rings. The first-order valence-electron chi connectivity index (χ1n) is 7.42. The highest BCUT2D eigenvalue weighted by Gasteiger charge is 2.08. The molecule has 2 rings (SSSR count). The Kier molecular flexibility index (Phi) is 5.62. The number of pyridine rings is 1. The minimum atomic E-state index is -0.694. The van der Waals surface area contributed by atoms with Gasteiger partial charge in [0, 0.05) is 12.6 Å². The first-order chi connectivity index (χ1) is 11.0. The fourth-order valence-electron chi connectivity index (χ4n) is 1.91. The van der Waals surface area contributed by atoms with Gasteiger partial charge in [0.25, 0.3) is 5.91 Å². The second kappa shape index (κ2) is 7.67. The Morgan fingerprint density at radius 2 is 2.00 bits per heavy atom. The van der Waals surface area contributed by atoms with E-state index >= 15 is 0 Å². The van der Waals surface area contributed by atoms with Crippen molar-refractivity contribution in [3.05, 3.63) is 53.9 Å². The van der Waals surface area contributed by atoms with Crippen LogP contribution < -0.4 is 10.6 Å². The third-order valence-electron chi connectivity index (χ3n) is 3.21. The Bertz CT molecular complexity index is 672. The van der Waals surface area contributed by atoms with Gasteiger partial charge in [-0.05, 0) is 36.6 Å². The molecule has 2 N–H and O–H groups in total. The van der Waals surface area contributed by atoms with Gasteiger partial charge in [0.1, 0.15) is 17.3 Å². The summed E-state index contributed by atoms with van der Waals surface area (Å²) in [5.74, 6) is -1.06. The van der Waals surface area contributed by atoms with Gasteiger partial charge >= 0.3 is 0 Å². The molecule has 122 valence electrons. The summed E-state index contributed by atoms with van der Waals surface area (Å²) in [6.07, 6.45) is 2.33. The smallest absolute Gasteiger partial charge is 0.269 e. The highest BCUT2D eigenvalue weighted by molar-refractivity contribution is 5.92. The summed E-state index contributed by atoms with van der Waals surface area (Å²) in [5, 5.41) is 5.58. The van der Waals surface area contributed by atoms with Crippen molar-refractivity contribution in [2.75, 3.05) is 11.9 Å². The van der Waals surface area contributed by atoms with Crippen LogP contribution in [0.5, 0.6) is 0 Å². The van der Waals surface area contributed by atoms with E-state index in [4.69, 9.17) is 0 Å². The topological polar surface area (TPSA) is 54.0 Å². The molecule has 1 amide bonds. The van der Waals surface area contributed by atoms with E-state index in [9.17, 15) is 13.6 Å². The average Bonchev–Trinajstić information content (AvgIpc) is 2.50. The highest BCUT2D eigenvalue weighted by atomic mass is 19.1. The fraction of sp³-hybridized carbons (Fsp3) is 0.294. The second-order valence-corrected chi connectivity index (χ2v) is 5.62. The van der Waals surface area contributed by atoms with E-state index in [-0.39, 0.29) is 11.6 Å². The van der Waals surface area contributed by atoms with Gasteiger partial charge in [-0.1, -0.05) is 13.8 Å². The van der Waals surface area contributed by atoms with Crippen LogP contribution >= 0.6 is 0 Å². The van der Waals surface area contributed by atoms with E-state index in [2.05, 4.69) is 29.5 Å². The van der Waals surface area contributed by atoms with Crippen molar-refractivity contribution >= 4 is 17.3 Å². The van der Waals surface area contributed by atoms with E-state index < -0.39 is 11.6 Å². The maximum atomic E-state index is 13.6. The molecular weight excluding hydrogens is 300 g/mol. The van der Waals surface area contributed by atoms with Gasteiger partial charge in [0.2, 0.25) is 0 Å². The number of anilines is 2. The number of nitrogens with one attached hydrogen (secondary N) is 2. The molecule has 1 aromatic carbocycles. The first-order valence-corrected chi connectivity index (χ1v) is 7.42. The lowest BCUT2D eigenvalue weighted by Gasteiger charge is -2.09. The zero-order valence-electron chi connectivity index (χ0n) is 13.1. The van der Waals surface area contributed by atoms with Gasteiger partial charge in [0.05, 0.1) is 17.6 Å². The molecule has 0 spiro atoms. The molecule has 0 bridgehead atoms. The molecule has 6 heteroatoms. The average molecular weight is 319 g/mol. The van der Waals surface area contributed by atoms with Gasteiger partial charge in [-0.15, -0.1) is 0 Å². The Hall–Kier alpha value is -2.50. The molecule has 0 fully saturated rings. The summed E-state index contributed by atoms with van der Waals surface area (Å²) in [7, 11) is 0. The molecule has 1 heterocycles. The molecule has 0 atom stereocenters.